The average Bonchev–Trinajstić information content (AvgIpc) is 3.52. The zero-order chi connectivity index (χ0) is 24.1. The number of rotatable bonds is 7. The number of amides is 2. The van der Waals surface area contributed by atoms with Gasteiger partial charge in [0.15, 0.2) is 5.82 Å². The molecule has 0 saturated carbocycles. The van der Waals surface area contributed by atoms with Gasteiger partial charge in [0.25, 0.3) is 5.91 Å². The summed E-state index contributed by atoms with van der Waals surface area (Å²) in [6, 6.07) is 12.0. The number of anilines is 1. The molecule has 0 spiro atoms. The molecule has 3 aromatic rings. The maximum atomic E-state index is 12.5. The van der Waals surface area contributed by atoms with Crippen LogP contribution in [0.4, 0.5) is 19.0 Å². The van der Waals surface area contributed by atoms with Gasteiger partial charge in [-0.25, -0.2) is 9.97 Å². The van der Waals surface area contributed by atoms with Gasteiger partial charge in [-0.2, -0.15) is 13.2 Å². The van der Waals surface area contributed by atoms with E-state index in [2.05, 4.69) is 20.3 Å². The van der Waals surface area contributed by atoms with E-state index >= 15 is 0 Å². The minimum atomic E-state index is -4.47. The van der Waals surface area contributed by atoms with E-state index in [1.165, 1.54) is 6.20 Å². The Morgan fingerprint density at radius 3 is 2.71 bits per heavy atom. The summed E-state index contributed by atoms with van der Waals surface area (Å²) in [5.74, 6) is -0.204. The SMILES string of the molecule is O=C(NCc1ccccc1)c1cc(-c2nccc(N3CCC[C@@H]3C(=O)NCC(F)(F)F)n2)c[nH]1. The molecule has 0 radical (unpaired) electrons. The second-order valence-corrected chi connectivity index (χ2v) is 7.89. The number of carbonyl (C=O) groups is 2. The maximum Gasteiger partial charge on any atom is 0.405 e. The first-order valence-electron chi connectivity index (χ1n) is 10.8. The topological polar surface area (TPSA) is 103 Å². The number of hydrogen-bond acceptors (Lipinski definition) is 5. The van der Waals surface area contributed by atoms with Crippen LogP contribution in [0.3, 0.4) is 0 Å². The highest BCUT2D eigenvalue weighted by Crippen LogP contribution is 2.26. The van der Waals surface area contributed by atoms with E-state index in [0.717, 1.165) is 5.56 Å². The first-order valence-corrected chi connectivity index (χ1v) is 10.8. The molecule has 8 nitrogen and oxygen atoms in total. The summed E-state index contributed by atoms with van der Waals surface area (Å²) in [6.45, 7) is -0.503. The molecule has 1 fully saturated rings. The van der Waals surface area contributed by atoms with Gasteiger partial charge in [0.1, 0.15) is 24.1 Å². The number of carbonyl (C=O) groups excluding carboxylic acids is 2. The Balaban J connectivity index is 1.44. The Labute approximate surface area is 193 Å². The number of nitrogens with zero attached hydrogens (tertiary/aromatic N) is 3. The molecule has 3 N–H and O–H groups in total. The standard InChI is InChI=1S/C23H23F3N6O2/c24-23(25,26)14-30-22(34)18-7-4-10-32(18)19-8-9-27-20(31-19)16-11-17(28-13-16)21(33)29-12-15-5-2-1-3-6-15/h1-3,5-6,8-9,11,13,18,28H,4,7,10,12,14H2,(H,29,33)(H,30,34)/t18-/m1/s1. The Kier molecular flexibility index (Phi) is 6.80. The lowest BCUT2D eigenvalue weighted by molar-refractivity contribution is -0.139. The third-order valence-corrected chi connectivity index (χ3v) is 5.44. The van der Waals surface area contributed by atoms with E-state index in [9.17, 15) is 22.8 Å². The van der Waals surface area contributed by atoms with Crippen LogP contribution < -0.4 is 15.5 Å². The molecule has 11 heteroatoms. The van der Waals surface area contributed by atoms with Gasteiger partial charge in [-0.1, -0.05) is 30.3 Å². The van der Waals surface area contributed by atoms with Gasteiger partial charge in [0.2, 0.25) is 5.91 Å². The van der Waals surface area contributed by atoms with Crippen molar-refractivity contribution in [1.29, 1.82) is 0 Å². The average molecular weight is 472 g/mol. The van der Waals surface area contributed by atoms with Crippen molar-refractivity contribution >= 4 is 17.6 Å². The van der Waals surface area contributed by atoms with Crippen LogP contribution >= 0.6 is 0 Å². The van der Waals surface area contributed by atoms with E-state index < -0.39 is 24.7 Å². The van der Waals surface area contributed by atoms with E-state index in [4.69, 9.17) is 0 Å². The molecule has 1 aliphatic rings. The number of H-pyrrole nitrogens is 1. The molecule has 34 heavy (non-hydrogen) atoms. The molecule has 1 saturated heterocycles. The van der Waals surface area contributed by atoms with E-state index in [1.807, 2.05) is 35.6 Å². The predicted molar refractivity (Wildman–Crippen MR) is 119 cm³/mol. The Morgan fingerprint density at radius 2 is 1.94 bits per heavy atom. The van der Waals surface area contributed by atoms with Gasteiger partial charge in [-0.3, -0.25) is 9.59 Å². The highest BCUT2D eigenvalue weighted by atomic mass is 19.4. The van der Waals surface area contributed by atoms with Crippen molar-refractivity contribution in [3.05, 3.63) is 66.1 Å². The molecular formula is C23H23F3N6O2. The first kappa shape index (κ1) is 23.3. The number of alkyl halides is 3. The smallest absolute Gasteiger partial charge is 0.356 e. The van der Waals surface area contributed by atoms with Crippen molar-refractivity contribution < 1.29 is 22.8 Å². The van der Waals surface area contributed by atoms with Crippen LogP contribution in [0.15, 0.2) is 54.9 Å². The van der Waals surface area contributed by atoms with Gasteiger partial charge in [-0.05, 0) is 30.5 Å². The van der Waals surface area contributed by atoms with Gasteiger partial charge >= 0.3 is 6.18 Å². The van der Waals surface area contributed by atoms with Gasteiger partial charge in [-0.15, -0.1) is 0 Å². The number of aromatic amines is 1. The second-order valence-electron chi connectivity index (χ2n) is 7.89. The predicted octanol–water partition coefficient (Wildman–Crippen LogP) is 3.05. The van der Waals surface area contributed by atoms with Crippen molar-refractivity contribution in [2.24, 2.45) is 0 Å². The van der Waals surface area contributed by atoms with Gasteiger partial charge in [0.05, 0.1) is 0 Å². The van der Waals surface area contributed by atoms with Crippen molar-refractivity contribution in [1.82, 2.24) is 25.6 Å². The lowest BCUT2D eigenvalue weighted by Crippen LogP contribution is -2.46. The van der Waals surface area contributed by atoms with Crippen molar-refractivity contribution in [2.75, 3.05) is 18.0 Å². The molecule has 2 aromatic heterocycles. The summed E-state index contributed by atoms with van der Waals surface area (Å²) in [4.78, 5) is 38.1. The minimum Gasteiger partial charge on any atom is -0.356 e. The zero-order valence-electron chi connectivity index (χ0n) is 18.1. The number of benzene rings is 1. The zero-order valence-corrected chi connectivity index (χ0v) is 18.1. The van der Waals surface area contributed by atoms with Crippen LogP contribution in [0.1, 0.15) is 28.9 Å². The molecule has 0 unspecified atom stereocenters. The molecule has 1 aromatic carbocycles. The molecule has 1 aliphatic heterocycles. The lowest BCUT2D eigenvalue weighted by Gasteiger charge is -2.25. The van der Waals surface area contributed by atoms with E-state index in [0.29, 0.717) is 48.8 Å². The summed E-state index contributed by atoms with van der Waals surface area (Å²) >= 11 is 0. The number of hydrogen-bond donors (Lipinski definition) is 3. The summed E-state index contributed by atoms with van der Waals surface area (Å²) in [7, 11) is 0. The lowest BCUT2D eigenvalue weighted by atomic mass is 10.2. The quantitative estimate of drug-likeness (QED) is 0.491. The largest absolute Gasteiger partial charge is 0.405 e. The fraction of sp³-hybridized carbons (Fsp3) is 0.304. The fourth-order valence-corrected chi connectivity index (χ4v) is 3.79. The third-order valence-electron chi connectivity index (χ3n) is 5.44. The summed E-state index contributed by atoms with van der Waals surface area (Å²) < 4.78 is 37.4. The van der Waals surface area contributed by atoms with Gasteiger partial charge < -0.3 is 20.5 Å². The van der Waals surface area contributed by atoms with Crippen LogP contribution in [0.2, 0.25) is 0 Å². The third kappa shape index (κ3) is 5.72. The van der Waals surface area contributed by atoms with Crippen LogP contribution in [0.25, 0.3) is 11.4 Å². The number of halogens is 3. The maximum absolute atomic E-state index is 12.5. The van der Waals surface area contributed by atoms with Crippen LogP contribution in [-0.2, 0) is 11.3 Å². The van der Waals surface area contributed by atoms with Gasteiger partial charge in [0, 0.05) is 31.0 Å². The monoisotopic (exact) mass is 472 g/mol. The first-order chi connectivity index (χ1) is 16.3. The van der Waals surface area contributed by atoms with Crippen molar-refractivity contribution in [2.45, 2.75) is 31.6 Å². The second kappa shape index (κ2) is 9.94. The van der Waals surface area contributed by atoms with E-state index in [1.54, 1.807) is 23.2 Å². The molecule has 1 atom stereocenters. The number of nitrogens with one attached hydrogen (secondary N) is 3. The van der Waals surface area contributed by atoms with E-state index in [-0.39, 0.29) is 5.91 Å². The molecule has 2 amide bonds. The highest BCUT2D eigenvalue weighted by Gasteiger charge is 2.35. The minimum absolute atomic E-state index is 0.285. The Hall–Kier alpha value is -3.89. The molecule has 4 rings (SSSR count). The van der Waals surface area contributed by atoms with Crippen LogP contribution in [-0.4, -0.2) is 52.1 Å². The summed E-state index contributed by atoms with van der Waals surface area (Å²) in [5, 5.41) is 4.78. The Morgan fingerprint density at radius 1 is 1.15 bits per heavy atom. The summed E-state index contributed by atoms with van der Waals surface area (Å²) in [6.07, 6.45) is -0.268. The van der Waals surface area contributed by atoms with Crippen LogP contribution in [0.5, 0.6) is 0 Å². The molecule has 3 heterocycles. The van der Waals surface area contributed by atoms with Crippen LogP contribution in [0, 0.1) is 0 Å². The van der Waals surface area contributed by atoms with Crippen molar-refractivity contribution in [3.8, 4) is 11.4 Å². The molecule has 0 aliphatic carbocycles. The summed E-state index contributed by atoms with van der Waals surface area (Å²) in [5.41, 5.74) is 1.88. The Bertz CT molecular complexity index is 1150. The number of aromatic nitrogens is 3. The normalized spacial score (nSPS) is 15.9. The molecule has 0 bridgehead atoms. The highest BCUT2D eigenvalue weighted by molar-refractivity contribution is 5.93. The molecule has 178 valence electrons. The van der Waals surface area contributed by atoms with Crippen molar-refractivity contribution in [3.63, 3.8) is 0 Å². The fourth-order valence-electron chi connectivity index (χ4n) is 3.79. The molecular weight excluding hydrogens is 449 g/mol.